The first kappa shape index (κ1) is 50.2. The van der Waals surface area contributed by atoms with Crippen molar-refractivity contribution in [1.82, 2.24) is 0 Å². The maximum atomic E-state index is 12.6. The van der Waals surface area contributed by atoms with Crippen molar-refractivity contribution in [3.8, 4) is 0 Å². The van der Waals surface area contributed by atoms with Crippen molar-refractivity contribution in [2.45, 2.75) is 174 Å². The standard InChI is InChI=1S/C42H78NO8P/c1-6-8-10-12-14-16-18-19-20-21-22-23-25-27-29-31-33-35-42(45)51-40(39-50-52(46,47)49-37-36-43(3,4)5)38-48-41(44)34-32-30-28-26-24-17-15-13-11-9-7-2/h19-20,22-23,27,29,40H,6-18,21,24-26,28,30-39H2,1-5H3/b20-19-,23-22-,29-27-/t40-/m1/s1. The summed E-state index contributed by atoms with van der Waals surface area (Å²) in [6, 6.07) is 0. The van der Waals surface area contributed by atoms with E-state index in [1.54, 1.807) is 0 Å². The zero-order valence-corrected chi connectivity index (χ0v) is 34.9. The highest BCUT2D eigenvalue weighted by Gasteiger charge is 2.21. The molecule has 0 saturated heterocycles. The minimum Gasteiger partial charge on any atom is -0.756 e. The Bertz CT molecular complexity index is 991. The number of unbranched alkanes of at least 4 members (excludes halogenated alkanes) is 17. The van der Waals surface area contributed by atoms with E-state index in [2.05, 4.69) is 44.2 Å². The zero-order chi connectivity index (χ0) is 38.6. The van der Waals surface area contributed by atoms with Crippen molar-refractivity contribution in [2.75, 3.05) is 47.5 Å². The number of allylic oxidation sites excluding steroid dienone is 6. The average Bonchev–Trinajstić information content (AvgIpc) is 3.09. The Kier molecular flexibility index (Phi) is 33.8. The summed E-state index contributed by atoms with van der Waals surface area (Å²) in [5, 5.41) is 0. The number of phosphoric acid groups is 1. The van der Waals surface area contributed by atoms with Gasteiger partial charge in [0.25, 0.3) is 7.82 Å². The zero-order valence-electron chi connectivity index (χ0n) is 34.0. The van der Waals surface area contributed by atoms with Gasteiger partial charge >= 0.3 is 11.9 Å². The predicted octanol–water partition coefficient (Wildman–Crippen LogP) is 10.7. The number of likely N-dealkylation sites (N-methyl/N-ethyl adjacent to an activating group) is 1. The van der Waals surface area contributed by atoms with Crippen LogP contribution in [0.4, 0.5) is 0 Å². The van der Waals surface area contributed by atoms with E-state index in [-0.39, 0.29) is 26.1 Å². The number of quaternary nitrogens is 1. The Balaban J connectivity index is 4.48. The van der Waals surface area contributed by atoms with Crippen molar-refractivity contribution in [3.05, 3.63) is 36.5 Å². The molecular weight excluding hydrogens is 677 g/mol. The summed E-state index contributed by atoms with van der Waals surface area (Å²) in [5.74, 6) is -0.896. The molecule has 0 amide bonds. The van der Waals surface area contributed by atoms with E-state index in [4.69, 9.17) is 18.5 Å². The molecule has 0 radical (unpaired) electrons. The first-order chi connectivity index (χ1) is 25.0. The Morgan fingerprint density at radius 2 is 1.06 bits per heavy atom. The number of hydrogen-bond donors (Lipinski definition) is 0. The smallest absolute Gasteiger partial charge is 0.306 e. The van der Waals surface area contributed by atoms with Crippen molar-refractivity contribution in [1.29, 1.82) is 0 Å². The van der Waals surface area contributed by atoms with Crippen LogP contribution in [0, 0.1) is 0 Å². The second kappa shape index (κ2) is 35.0. The second-order valence-electron chi connectivity index (χ2n) is 15.0. The topological polar surface area (TPSA) is 111 Å². The summed E-state index contributed by atoms with van der Waals surface area (Å²) in [6.07, 6.45) is 37.5. The van der Waals surface area contributed by atoms with Crippen LogP contribution in [-0.2, 0) is 32.7 Å². The van der Waals surface area contributed by atoms with Gasteiger partial charge in [-0.3, -0.25) is 14.2 Å². The highest BCUT2D eigenvalue weighted by atomic mass is 31.2. The second-order valence-corrected chi connectivity index (χ2v) is 16.4. The third-order valence-electron chi connectivity index (χ3n) is 8.66. The Hall–Kier alpha value is -1.77. The van der Waals surface area contributed by atoms with Gasteiger partial charge in [0, 0.05) is 12.8 Å². The Labute approximate surface area is 319 Å². The maximum Gasteiger partial charge on any atom is 0.306 e. The Morgan fingerprint density at radius 3 is 1.60 bits per heavy atom. The fourth-order valence-electron chi connectivity index (χ4n) is 5.38. The molecule has 0 aliphatic rings. The average molecular weight is 756 g/mol. The molecule has 2 atom stereocenters. The fourth-order valence-corrected chi connectivity index (χ4v) is 6.10. The molecule has 1 unspecified atom stereocenters. The molecule has 0 heterocycles. The van der Waals surface area contributed by atoms with Crippen LogP contribution in [0.5, 0.6) is 0 Å². The molecular formula is C42H78NO8P. The summed E-state index contributed by atoms with van der Waals surface area (Å²) in [5.41, 5.74) is 0. The summed E-state index contributed by atoms with van der Waals surface area (Å²) < 4.78 is 33.7. The molecule has 0 aromatic carbocycles. The number of rotatable bonds is 37. The third-order valence-corrected chi connectivity index (χ3v) is 9.63. The van der Waals surface area contributed by atoms with Gasteiger partial charge in [-0.05, 0) is 44.9 Å². The van der Waals surface area contributed by atoms with Crippen molar-refractivity contribution in [3.63, 3.8) is 0 Å². The number of phosphoric ester groups is 1. The van der Waals surface area contributed by atoms with E-state index >= 15 is 0 Å². The lowest BCUT2D eigenvalue weighted by molar-refractivity contribution is -0.870. The number of hydrogen-bond acceptors (Lipinski definition) is 8. The molecule has 0 bridgehead atoms. The van der Waals surface area contributed by atoms with Gasteiger partial charge in [0.2, 0.25) is 0 Å². The summed E-state index contributed by atoms with van der Waals surface area (Å²) in [6.45, 7) is 4.14. The lowest BCUT2D eigenvalue weighted by Crippen LogP contribution is -2.37. The van der Waals surface area contributed by atoms with Crippen LogP contribution in [0.25, 0.3) is 0 Å². The molecule has 10 heteroatoms. The van der Waals surface area contributed by atoms with Crippen LogP contribution in [0.1, 0.15) is 168 Å². The van der Waals surface area contributed by atoms with Gasteiger partial charge in [-0.15, -0.1) is 0 Å². The van der Waals surface area contributed by atoms with Crippen molar-refractivity contribution in [2.24, 2.45) is 0 Å². The number of esters is 2. The molecule has 304 valence electrons. The molecule has 0 aromatic heterocycles. The van der Waals surface area contributed by atoms with Crippen molar-refractivity contribution < 1.29 is 42.1 Å². The van der Waals surface area contributed by atoms with E-state index in [9.17, 15) is 19.0 Å². The van der Waals surface area contributed by atoms with Gasteiger partial charge in [0.1, 0.15) is 19.8 Å². The van der Waals surface area contributed by atoms with E-state index in [0.29, 0.717) is 23.9 Å². The van der Waals surface area contributed by atoms with Crippen LogP contribution in [-0.4, -0.2) is 70.0 Å². The number of carbonyl (C=O) groups excluding carboxylic acids is 2. The minimum absolute atomic E-state index is 0.0393. The van der Waals surface area contributed by atoms with Crippen LogP contribution >= 0.6 is 7.82 Å². The highest BCUT2D eigenvalue weighted by Crippen LogP contribution is 2.38. The van der Waals surface area contributed by atoms with E-state index < -0.39 is 32.5 Å². The molecule has 9 nitrogen and oxygen atoms in total. The van der Waals surface area contributed by atoms with Crippen LogP contribution in [0.15, 0.2) is 36.5 Å². The summed E-state index contributed by atoms with van der Waals surface area (Å²) in [4.78, 5) is 37.4. The van der Waals surface area contributed by atoms with Gasteiger partial charge in [0.15, 0.2) is 6.10 Å². The van der Waals surface area contributed by atoms with Crippen LogP contribution < -0.4 is 4.89 Å². The van der Waals surface area contributed by atoms with E-state index in [1.165, 1.54) is 89.9 Å². The molecule has 0 aromatic rings. The molecule has 0 rings (SSSR count). The quantitative estimate of drug-likeness (QED) is 0.0203. The lowest BCUT2D eigenvalue weighted by atomic mass is 10.1. The fraction of sp³-hybridized carbons (Fsp3) is 0.810. The van der Waals surface area contributed by atoms with Gasteiger partial charge < -0.3 is 27.9 Å². The van der Waals surface area contributed by atoms with Gasteiger partial charge in [0.05, 0.1) is 27.7 Å². The predicted molar refractivity (Wildman–Crippen MR) is 213 cm³/mol. The molecule has 0 saturated carbocycles. The Morgan fingerprint density at radius 1 is 0.596 bits per heavy atom. The van der Waals surface area contributed by atoms with Crippen molar-refractivity contribution >= 4 is 19.8 Å². The van der Waals surface area contributed by atoms with E-state index in [0.717, 1.165) is 38.5 Å². The maximum absolute atomic E-state index is 12.6. The normalized spacial score (nSPS) is 14.0. The van der Waals surface area contributed by atoms with E-state index in [1.807, 2.05) is 27.2 Å². The monoisotopic (exact) mass is 756 g/mol. The number of nitrogens with zero attached hydrogens (tertiary/aromatic N) is 1. The van der Waals surface area contributed by atoms with Gasteiger partial charge in [-0.25, -0.2) is 0 Å². The van der Waals surface area contributed by atoms with Gasteiger partial charge in [-0.2, -0.15) is 0 Å². The first-order valence-corrected chi connectivity index (χ1v) is 22.2. The minimum atomic E-state index is -4.63. The molecule has 0 fully saturated rings. The van der Waals surface area contributed by atoms with Crippen LogP contribution in [0.3, 0.4) is 0 Å². The molecule has 0 spiro atoms. The third kappa shape index (κ3) is 38.0. The number of carbonyl (C=O) groups is 2. The first-order valence-electron chi connectivity index (χ1n) is 20.7. The summed E-state index contributed by atoms with van der Waals surface area (Å²) in [7, 11) is 1.13. The number of ether oxygens (including phenoxy) is 2. The molecule has 52 heavy (non-hydrogen) atoms. The summed E-state index contributed by atoms with van der Waals surface area (Å²) >= 11 is 0. The largest absolute Gasteiger partial charge is 0.756 e. The molecule has 0 aliphatic carbocycles. The highest BCUT2D eigenvalue weighted by molar-refractivity contribution is 7.45. The lowest BCUT2D eigenvalue weighted by Gasteiger charge is -2.28. The molecule has 0 aliphatic heterocycles. The van der Waals surface area contributed by atoms with Crippen LogP contribution in [0.2, 0.25) is 0 Å². The SMILES string of the molecule is CCCCCCCC/C=C\C/C=C\C/C=C\CCCC(=O)O[C@H](COC(=O)CCCCCCCCCCCCC)COP(=O)([O-])OCC[N+](C)(C)C. The van der Waals surface area contributed by atoms with Gasteiger partial charge in [-0.1, -0.05) is 147 Å². The molecule has 0 N–H and O–H groups in total.